The predicted molar refractivity (Wildman–Crippen MR) is 82.0 cm³/mol. The molecule has 3 heteroatoms. The molecule has 2 N–H and O–H groups in total. The number of carbonyl (C=O) groups excluding carboxylic acids is 1. The minimum atomic E-state index is -0.0294. The lowest BCUT2D eigenvalue weighted by Crippen LogP contribution is -2.47. The topological polar surface area (TPSA) is 41.1 Å². The van der Waals surface area contributed by atoms with Gasteiger partial charge in [0.15, 0.2) is 0 Å². The summed E-state index contributed by atoms with van der Waals surface area (Å²) in [5, 5.41) is 6.56. The molecule has 2 aliphatic rings. The van der Waals surface area contributed by atoms with Crippen molar-refractivity contribution in [3.8, 4) is 0 Å². The Balaban J connectivity index is 1.72. The zero-order chi connectivity index (χ0) is 13.9. The van der Waals surface area contributed by atoms with Crippen LogP contribution in [0.5, 0.6) is 0 Å². The summed E-state index contributed by atoms with van der Waals surface area (Å²) in [7, 11) is 0. The second-order valence-electron chi connectivity index (χ2n) is 6.19. The van der Waals surface area contributed by atoms with Crippen LogP contribution in [0.4, 0.5) is 5.69 Å². The molecule has 1 saturated heterocycles. The summed E-state index contributed by atoms with van der Waals surface area (Å²) in [5.74, 6) is 0.135. The number of fused-ring (bicyclic) bond motifs is 1. The lowest BCUT2D eigenvalue weighted by molar-refractivity contribution is -0.118. The highest BCUT2D eigenvalue weighted by atomic mass is 16.2. The third kappa shape index (κ3) is 2.88. The molecule has 1 aliphatic heterocycles. The molecule has 0 bridgehead atoms. The Morgan fingerprint density at radius 1 is 1.20 bits per heavy atom. The molecule has 2 unspecified atom stereocenters. The minimum Gasteiger partial charge on any atom is -0.324 e. The summed E-state index contributed by atoms with van der Waals surface area (Å²) in [6.45, 7) is 2.16. The van der Waals surface area contributed by atoms with E-state index in [0.29, 0.717) is 6.04 Å². The number of hydrogen-bond acceptors (Lipinski definition) is 2. The quantitative estimate of drug-likeness (QED) is 0.869. The number of benzene rings is 1. The molecule has 0 saturated carbocycles. The first-order valence-electron chi connectivity index (χ1n) is 7.92. The number of hydrogen-bond donors (Lipinski definition) is 2. The molecule has 3 rings (SSSR count). The summed E-state index contributed by atoms with van der Waals surface area (Å²) in [5.41, 5.74) is 3.81. The smallest absolute Gasteiger partial charge is 0.241 e. The lowest BCUT2D eigenvalue weighted by Gasteiger charge is -2.28. The average molecular weight is 272 g/mol. The summed E-state index contributed by atoms with van der Waals surface area (Å²) in [6, 6.07) is 6.73. The molecule has 1 fully saturated rings. The second-order valence-corrected chi connectivity index (χ2v) is 6.19. The van der Waals surface area contributed by atoms with Crippen LogP contribution in [0.2, 0.25) is 0 Å². The van der Waals surface area contributed by atoms with Crippen LogP contribution in [0.3, 0.4) is 0 Å². The normalized spacial score (nSPS) is 25.9. The summed E-state index contributed by atoms with van der Waals surface area (Å²) < 4.78 is 0. The van der Waals surface area contributed by atoms with Crippen molar-refractivity contribution in [1.82, 2.24) is 5.32 Å². The van der Waals surface area contributed by atoms with E-state index in [4.69, 9.17) is 0 Å². The van der Waals surface area contributed by atoms with Crippen molar-refractivity contribution in [3.63, 3.8) is 0 Å². The molecule has 1 aromatic rings. The van der Waals surface area contributed by atoms with Crippen LogP contribution in [0.25, 0.3) is 0 Å². The van der Waals surface area contributed by atoms with Gasteiger partial charge in [-0.15, -0.1) is 0 Å². The van der Waals surface area contributed by atoms with Gasteiger partial charge in [-0.05, 0) is 69.1 Å². The number of carbonyl (C=O) groups is 1. The first kappa shape index (κ1) is 13.6. The third-order valence-electron chi connectivity index (χ3n) is 4.59. The highest BCUT2D eigenvalue weighted by Gasteiger charge is 2.25. The van der Waals surface area contributed by atoms with E-state index in [0.717, 1.165) is 31.4 Å². The molecule has 1 heterocycles. The van der Waals surface area contributed by atoms with E-state index in [1.54, 1.807) is 0 Å². The molecule has 0 aromatic heterocycles. The van der Waals surface area contributed by atoms with Crippen molar-refractivity contribution < 1.29 is 4.79 Å². The van der Waals surface area contributed by atoms with Gasteiger partial charge < -0.3 is 10.6 Å². The monoisotopic (exact) mass is 272 g/mol. The molecular weight excluding hydrogens is 248 g/mol. The average Bonchev–Trinajstić information content (AvgIpc) is 2.47. The van der Waals surface area contributed by atoms with Gasteiger partial charge in [0, 0.05) is 11.7 Å². The van der Waals surface area contributed by atoms with E-state index in [-0.39, 0.29) is 11.9 Å². The number of aryl methyl sites for hydroxylation is 1. The fourth-order valence-corrected chi connectivity index (χ4v) is 3.46. The van der Waals surface area contributed by atoms with E-state index in [2.05, 4.69) is 29.7 Å². The predicted octanol–water partition coefficient (Wildman–Crippen LogP) is 3.03. The molecule has 0 radical (unpaired) electrons. The van der Waals surface area contributed by atoms with E-state index >= 15 is 0 Å². The Kier molecular flexibility index (Phi) is 4.06. The van der Waals surface area contributed by atoms with Crippen LogP contribution in [0.1, 0.15) is 50.2 Å². The lowest BCUT2D eigenvalue weighted by atomic mass is 9.90. The second kappa shape index (κ2) is 5.96. The molecule has 108 valence electrons. The molecule has 2 atom stereocenters. The number of rotatable bonds is 2. The molecular formula is C17H24N2O. The Bertz CT molecular complexity index is 498. The maximum Gasteiger partial charge on any atom is 0.241 e. The van der Waals surface area contributed by atoms with E-state index in [1.165, 1.54) is 30.4 Å². The SMILES string of the molecule is CC1CCCC(C(=O)Nc2cccc3c2CCCC3)N1. The molecule has 3 nitrogen and oxygen atoms in total. The van der Waals surface area contributed by atoms with Gasteiger partial charge in [0.2, 0.25) is 5.91 Å². The van der Waals surface area contributed by atoms with Gasteiger partial charge in [0.25, 0.3) is 0 Å². The van der Waals surface area contributed by atoms with Crippen molar-refractivity contribution in [2.75, 3.05) is 5.32 Å². The number of piperidine rings is 1. The van der Waals surface area contributed by atoms with Gasteiger partial charge in [-0.2, -0.15) is 0 Å². The fraction of sp³-hybridized carbons (Fsp3) is 0.588. The van der Waals surface area contributed by atoms with Crippen LogP contribution in [-0.2, 0) is 17.6 Å². The van der Waals surface area contributed by atoms with Crippen LogP contribution < -0.4 is 10.6 Å². The molecule has 1 aromatic carbocycles. The molecule has 20 heavy (non-hydrogen) atoms. The summed E-state index contributed by atoms with van der Waals surface area (Å²) >= 11 is 0. The van der Waals surface area contributed by atoms with E-state index in [9.17, 15) is 4.79 Å². The Hall–Kier alpha value is -1.35. The molecule has 0 spiro atoms. The third-order valence-corrected chi connectivity index (χ3v) is 4.59. The van der Waals surface area contributed by atoms with E-state index < -0.39 is 0 Å². The van der Waals surface area contributed by atoms with Gasteiger partial charge in [-0.1, -0.05) is 12.1 Å². The largest absolute Gasteiger partial charge is 0.324 e. The van der Waals surface area contributed by atoms with Gasteiger partial charge in [0.05, 0.1) is 6.04 Å². The Labute approximate surface area is 121 Å². The van der Waals surface area contributed by atoms with Crippen LogP contribution >= 0.6 is 0 Å². The van der Waals surface area contributed by atoms with Crippen molar-refractivity contribution in [2.24, 2.45) is 0 Å². The highest BCUT2D eigenvalue weighted by Crippen LogP contribution is 2.28. The van der Waals surface area contributed by atoms with Gasteiger partial charge in [-0.25, -0.2) is 0 Å². The zero-order valence-corrected chi connectivity index (χ0v) is 12.2. The summed E-state index contributed by atoms with van der Waals surface area (Å²) in [6.07, 6.45) is 8.01. The highest BCUT2D eigenvalue weighted by molar-refractivity contribution is 5.95. The number of amides is 1. The van der Waals surface area contributed by atoms with E-state index in [1.807, 2.05) is 6.07 Å². The first-order valence-corrected chi connectivity index (χ1v) is 7.92. The maximum atomic E-state index is 12.4. The molecule has 1 amide bonds. The minimum absolute atomic E-state index is 0.0294. The van der Waals surface area contributed by atoms with Crippen LogP contribution in [-0.4, -0.2) is 18.0 Å². The van der Waals surface area contributed by atoms with Gasteiger partial charge in [-0.3, -0.25) is 4.79 Å². The maximum absolute atomic E-state index is 12.4. The number of anilines is 1. The van der Waals surface area contributed by atoms with Crippen molar-refractivity contribution in [1.29, 1.82) is 0 Å². The van der Waals surface area contributed by atoms with Crippen LogP contribution in [0.15, 0.2) is 18.2 Å². The van der Waals surface area contributed by atoms with Crippen molar-refractivity contribution >= 4 is 11.6 Å². The van der Waals surface area contributed by atoms with Crippen molar-refractivity contribution in [3.05, 3.63) is 29.3 Å². The fourth-order valence-electron chi connectivity index (χ4n) is 3.46. The first-order chi connectivity index (χ1) is 9.74. The van der Waals surface area contributed by atoms with Crippen LogP contribution in [0, 0.1) is 0 Å². The standard InChI is InChI=1S/C17H24N2O/c1-12-6-4-11-16(18-12)17(20)19-15-10-5-8-13-7-2-3-9-14(13)15/h5,8,10,12,16,18H,2-4,6-7,9,11H2,1H3,(H,19,20). The van der Waals surface area contributed by atoms with Gasteiger partial charge >= 0.3 is 0 Å². The number of nitrogens with one attached hydrogen (secondary N) is 2. The molecule has 1 aliphatic carbocycles. The summed E-state index contributed by atoms with van der Waals surface area (Å²) in [4.78, 5) is 12.4. The Morgan fingerprint density at radius 2 is 2.05 bits per heavy atom. The Morgan fingerprint density at radius 3 is 2.90 bits per heavy atom. The van der Waals surface area contributed by atoms with Crippen molar-refractivity contribution in [2.45, 2.75) is 64.0 Å². The van der Waals surface area contributed by atoms with Gasteiger partial charge in [0.1, 0.15) is 0 Å². The zero-order valence-electron chi connectivity index (χ0n) is 12.2.